The van der Waals surface area contributed by atoms with Crippen molar-refractivity contribution in [2.75, 3.05) is 0 Å². The van der Waals surface area contributed by atoms with Crippen LogP contribution in [0.3, 0.4) is 0 Å². The number of halogens is 3. The first kappa shape index (κ1) is 11.5. The van der Waals surface area contributed by atoms with Gasteiger partial charge in [-0.3, -0.25) is 9.97 Å². The molecular formula is C6H7Br3N2. The van der Waals surface area contributed by atoms with E-state index in [1.807, 2.05) is 0 Å². The van der Waals surface area contributed by atoms with Crippen LogP contribution in [0.15, 0.2) is 12.4 Å². The standard InChI is InChI=1S/C6H6Br2N2.BrH/c7-3-5-6(4-8)10-2-1-9-5;/h1-2H,3-4H2;1H. The summed E-state index contributed by atoms with van der Waals surface area (Å²) in [5.74, 6) is 0. The minimum absolute atomic E-state index is 0. The Kier molecular flexibility index (Phi) is 6.37. The lowest BCUT2D eigenvalue weighted by molar-refractivity contribution is 1.03. The van der Waals surface area contributed by atoms with Crippen molar-refractivity contribution < 1.29 is 0 Å². The van der Waals surface area contributed by atoms with E-state index in [1.165, 1.54) is 0 Å². The van der Waals surface area contributed by atoms with Gasteiger partial charge in [0, 0.05) is 23.1 Å². The van der Waals surface area contributed by atoms with E-state index in [0.29, 0.717) is 0 Å². The van der Waals surface area contributed by atoms with E-state index in [9.17, 15) is 0 Å². The van der Waals surface area contributed by atoms with E-state index >= 15 is 0 Å². The number of nitrogens with zero attached hydrogens (tertiary/aromatic N) is 2. The van der Waals surface area contributed by atoms with Crippen LogP contribution in [0, 0.1) is 0 Å². The van der Waals surface area contributed by atoms with Crippen LogP contribution in [0.1, 0.15) is 11.4 Å². The van der Waals surface area contributed by atoms with E-state index in [4.69, 9.17) is 0 Å². The predicted molar refractivity (Wildman–Crippen MR) is 57.6 cm³/mol. The number of alkyl halides is 2. The minimum atomic E-state index is 0. The average Bonchev–Trinajstić information content (AvgIpc) is 2.04. The largest absolute Gasteiger partial charge is 0.257 e. The van der Waals surface area contributed by atoms with Gasteiger partial charge in [-0.15, -0.1) is 17.0 Å². The molecule has 0 unspecified atom stereocenters. The van der Waals surface area contributed by atoms with Crippen molar-refractivity contribution in [3.05, 3.63) is 23.8 Å². The van der Waals surface area contributed by atoms with Crippen LogP contribution in [-0.4, -0.2) is 9.97 Å². The van der Waals surface area contributed by atoms with Gasteiger partial charge in [0.15, 0.2) is 0 Å². The maximum absolute atomic E-state index is 4.13. The molecule has 0 saturated carbocycles. The monoisotopic (exact) mass is 344 g/mol. The molecule has 0 fully saturated rings. The summed E-state index contributed by atoms with van der Waals surface area (Å²) in [6.45, 7) is 0. The lowest BCUT2D eigenvalue weighted by Crippen LogP contribution is -1.94. The molecule has 62 valence electrons. The topological polar surface area (TPSA) is 25.8 Å². The van der Waals surface area contributed by atoms with Gasteiger partial charge in [0.25, 0.3) is 0 Å². The summed E-state index contributed by atoms with van der Waals surface area (Å²) in [5, 5.41) is 1.53. The summed E-state index contributed by atoms with van der Waals surface area (Å²) in [5.41, 5.74) is 2.00. The molecule has 1 aromatic heterocycles. The fraction of sp³-hybridized carbons (Fsp3) is 0.333. The summed E-state index contributed by atoms with van der Waals surface area (Å²) in [7, 11) is 0. The number of rotatable bonds is 2. The molecule has 0 aromatic carbocycles. The van der Waals surface area contributed by atoms with E-state index in [1.54, 1.807) is 12.4 Å². The van der Waals surface area contributed by atoms with Gasteiger partial charge in [-0.2, -0.15) is 0 Å². The van der Waals surface area contributed by atoms with Gasteiger partial charge in [0.1, 0.15) is 0 Å². The SMILES string of the molecule is Br.BrCc1nccnc1CBr. The van der Waals surface area contributed by atoms with Crippen LogP contribution in [-0.2, 0) is 10.7 Å². The van der Waals surface area contributed by atoms with Gasteiger partial charge in [-0.25, -0.2) is 0 Å². The van der Waals surface area contributed by atoms with Gasteiger partial charge in [0.2, 0.25) is 0 Å². The maximum atomic E-state index is 4.13. The first-order valence-electron chi connectivity index (χ1n) is 2.79. The Hall–Kier alpha value is 0.520. The molecular weight excluding hydrogens is 340 g/mol. The molecule has 0 aliphatic carbocycles. The van der Waals surface area contributed by atoms with Crippen molar-refractivity contribution in [2.45, 2.75) is 10.7 Å². The van der Waals surface area contributed by atoms with Crippen LogP contribution < -0.4 is 0 Å². The third kappa shape index (κ3) is 3.17. The second-order valence-electron chi connectivity index (χ2n) is 1.72. The summed E-state index contributed by atoms with van der Waals surface area (Å²) in [6, 6.07) is 0. The molecule has 0 radical (unpaired) electrons. The zero-order valence-electron chi connectivity index (χ0n) is 5.63. The first-order chi connectivity index (χ1) is 4.88. The minimum Gasteiger partial charge on any atom is -0.257 e. The lowest BCUT2D eigenvalue weighted by Gasteiger charge is -1.98. The van der Waals surface area contributed by atoms with E-state index in [2.05, 4.69) is 41.8 Å². The quantitative estimate of drug-likeness (QED) is 0.770. The molecule has 0 aliphatic rings. The summed E-state index contributed by atoms with van der Waals surface area (Å²) < 4.78 is 0. The molecule has 0 saturated heterocycles. The molecule has 1 aromatic rings. The highest BCUT2D eigenvalue weighted by Crippen LogP contribution is 2.09. The normalized spacial score (nSPS) is 8.91. The molecule has 0 bridgehead atoms. The van der Waals surface area contributed by atoms with Gasteiger partial charge >= 0.3 is 0 Å². The average molecular weight is 347 g/mol. The summed E-state index contributed by atoms with van der Waals surface area (Å²) in [4.78, 5) is 8.26. The van der Waals surface area contributed by atoms with Crippen molar-refractivity contribution in [3.63, 3.8) is 0 Å². The van der Waals surface area contributed by atoms with E-state index < -0.39 is 0 Å². The van der Waals surface area contributed by atoms with Crippen molar-refractivity contribution in [2.24, 2.45) is 0 Å². The smallest absolute Gasteiger partial charge is 0.0732 e. The third-order valence-electron chi connectivity index (χ3n) is 1.11. The van der Waals surface area contributed by atoms with Gasteiger partial charge in [0.05, 0.1) is 11.4 Å². The fourth-order valence-corrected chi connectivity index (χ4v) is 1.56. The lowest BCUT2D eigenvalue weighted by atomic mass is 10.4. The van der Waals surface area contributed by atoms with Crippen LogP contribution in [0.25, 0.3) is 0 Å². The van der Waals surface area contributed by atoms with Gasteiger partial charge in [-0.05, 0) is 0 Å². The Morgan fingerprint density at radius 3 is 1.64 bits per heavy atom. The molecule has 0 spiro atoms. The number of aromatic nitrogens is 2. The second kappa shape index (κ2) is 6.08. The highest BCUT2D eigenvalue weighted by atomic mass is 79.9. The molecule has 0 N–H and O–H groups in total. The Morgan fingerprint density at radius 1 is 1.00 bits per heavy atom. The molecule has 5 heteroatoms. The summed E-state index contributed by atoms with van der Waals surface area (Å²) >= 11 is 6.65. The van der Waals surface area contributed by atoms with Crippen LogP contribution in [0.5, 0.6) is 0 Å². The number of hydrogen-bond donors (Lipinski definition) is 0. The fourth-order valence-electron chi connectivity index (χ4n) is 0.619. The Balaban J connectivity index is 0.000001000. The third-order valence-corrected chi connectivity index (χ3v) is 2.18. The van der Waals surface area contributed by atoms with Crippen molar-refractivity contribution in [3.8, 4) is 0 Å². The van der Waals surface area contributed by atoms with E-state index in [-0.39, 0.29) is 17.0 Å². The van der Waals surface area contributed by atoms with Gasteiger partial charge < -0.3 is 0 Å². The van der Waals surface area contributed by atoms with Crippen LogP contribution in [0.4, 0.5) is 0 Å². The molecule has 1 heterocycles. The van der Waals surface area contributed by atoms with Crippen LogP contribution >= 0.6 is 48.8 Å². The van der Waals surface area contributed by atoms with Gasteiger partial charge in [-0.1, -0.05) is 31.9 Å². The highest BCUT2D eigenvalue weighted by Gasteiger charge is 1.99. The Morgan fingerprint density at radius 2 is 1.36 bits per heavy atom. The number of hydrogen-bond acceptors (Lipinski definition) is 2. The molecule has 0 atom stereocenters. The zero-order chi connectivity index (χ0) is 7.40. The molecule has 11 heavy (non-hydrogen) atoms. The molecule has 0 amide bonds. The van der Waals surface area contributed by atoms with E-state index in [0.717, 1.165) is 22.0 Å². The highest BCUT2D eigenvalue weighted by molar-refractivity contribution is 9.09. The Labute approximate surface area is 92.8 Å². The molecule has 0 aliphatic heterocycles. The van der Waals surface area contributed by atoms with Crippen molar-refractivity contribution in [1.82, 2.24) is 9.97 Å². The molecule has 2 nitrogen and oxygen atoms in total. The Bertz CT molecular complexity index is 194. The van der Waals surface area contributed by atoms with Crippen LogP contribution in [0.2, 0.25) is 0 Å². The predicted octanol–water partition coefficient (Wildman–Crippen LogP) is 2.84. The zero-order valence-corrected chi connectivity index (χ0v) is 10.5. The molecule has 1 rings (SSSR count). The summed E-state index contributed by atoms with van der Waals surface area (Å²) in [6.07, 6.45) is 3.39. The van der Waals surface area contributed by atoms with Crippen molar-refractivity contribution in [1.29, 1.82) is 0 Å². The maximum Gasteiger partial charge on any atom is 0.0732 e. The van der Waals surface area contributed by atoms with Crippen molar-refractivity contribution >= 4 is 48.8 Å². The first-order valence-corrected chi connectivity index (χ1v) is 5.03. The second-order valence-corrected chi connectivity index (χ2v) is 2.84.